The number of halogens is 1. The molecule has 1 aromatic heterocycles. The molecule has 2 fully saturated rings. The number of carbonyl (C=O) groups excluding carboxylic acids is 1. The summed E-state index contributed by atoms with van der Waals surface area (Å²) in [4.78, 5) is 18.6. The molecule has 3 aliphatic rings. The van der Waals surface area contributed by atoms with Gasteiger partial charge in [0, 0.05) is 75.2 Å². The molecule has 4 N–H and O–H groups in total. The Labute approximate surface area is 210 Å². The molecular formula is C24H36ClN5O3S. The topological polar surface area (TPSA) is 101 Å². The van der Waals surface area contributed by atoms with Gasteiger partial charge in [0.25, 0.3) is 0 Å². The van der Waals surface area contributed by atoms with Crippen molar-refractivity contribution in [3.8, 4) is 0 Å². The number of hydrogen-bond acceptors (Lipinski definition) is 7. The largest absolute Gasteiger partial charge is 0.389 e. The number of hydrogen-bond donors (Lipinski definition) is 4. The molecule has 8 nitrogen and oxygen atoms in total. The van der Waals surface area contributed by atoms with Crippen LogP contribution in [0.3, 0.4) is 0 Å². The van der Waals surface area contributed by atoms with E-state index in [1.165, 1.54) is 11.3 Å². The molecule has 34 heavy (non-hydrogen) atoms. The van der Waals surface area contributed by atoms with Crippen molar-refractivity contribution in [2.45, 2.75) is 44.2 Å². The lowest BCUT2D eigenvalue weighted by molar-refractivity contribution is -0.134. The molecular weight excluding hydrogens is 474 g/mol. The van der Waals surface area contributed by atoms with E-state index in [2.05, 4.69) is 17.6 Å². The minimum absolute atomic E-state index is 0.115. The number of carbonyl (C=O) groups is 1. The molecule has 0 bridgehead atoms. The Bertz CT molecular complexity index is 908. The van der Waals surface area contributed by atoms with Crippen LogP contribution in [0.15, 0.2) is 23.4 Å². The normalized spacial score (nSPS) is 25.1. The number of nitrogens with one attached hydrogen (secondary N) is 3. The maximum atomic E-state index is 13.6. The van der Waals surface area contributed by atoms with Crippen LogP contribution >= 0.6 is 22.9 Å². The molecule has 2 saturated heterocycles. The van der Waals surface area contributed by atoms with Crippen LogP contribution in [0.5, 0.6) is 0 Å². The van der Waals surface area contributed by atoms with Crippen LogP contribution in [-0.2, 0) is 9.53 Å². The average Bonchev–Trinajstić information content (AvgIpc) is 3.40. The van der Waals surface area contributed by atoms with Gasteiger partial charge in [-0.05, 0) is 37.3 Å². The van der Waals surface area contributed by atoms with Gasteiger partial charge in [-0.1, -0.05) is 18.5 Å². The second kappa shape index (κ2) is 11.4. The molecule has 188 valence electrons. The van der Waals surface area contributed by atoms with E-state index in [9.17, 15) is 9.90 Å². The summed E-state index contributed by atoms with van der Waals surface area (Å²) >= 11 is 7.68. The zero-order valence-corrected chi connectivity index (χ0v) is 21.6. The van der Waals surface area contributed by atoms with E-state index < -0.39 is 6.10 Å². The van der Waals surface area contributed by atoms with E-state index in [0.717, 1.165) is 42.2 Å². The van der Waals surface area contributed by atoms with Crippen molar-refractivity contribution in [1.82, 2.24) is 20.4 Å². The van der Waals surface area contributed by atoms with Gasteiger partial charge in [0.05, 0.1) is 16.4 Å². The Morgan fingerprint density at radius 1 is 1.26 bits per heavy atom. The SMILES string of the molecule is CNC1=C(C(=N)N2CCN(C(=O)[C@H](CNC3CCOCC3)c3ccc(Cl)s3)CC2)[C@H](C)C[C@@H]1O. The number of thiophene rings is 1. The minimum Gasteiger partial charge on any atom is -0.389 e. The number of nitrogens with zero attached hydrogens (tertiary/aromatic N) is 2. The first-order chi connectivity index (χ1) is 16.4. The maximum absolute atomic E-state index is 13.6. The lowest BCUT2D eigenvalue weighted by atomic mass is 10.0. The fourth-order valence-corrected chi connectivity index (χ4v) is 6.38. The molecule has 4 rings (SSSR count). The van der Waals surface area contributed by atoms with Crippen molar-refractivity contribution in [3.05, 3.63) is 32.6 Å². The lowest BCUT2D eigenvalue weighted by Crippen LogP contribution is -2.53. The first-order valence-electron chi connectivity index (χ1n) is 12.2. The summed E-state index contributed by atoms with van der Waals surface area (Å²) in [7, 11) is 1.80. The Kier molecular flexibility index (Phi) is 8.52. The summed E-state index contributed by atoms with van der Waals surface area (Å²) < 4.78 is 6.15. The second-order valence-electron chi connectivity index (χ2n) is 9.38. The van der Waals surface area contributed by atoms with E-state index in [1.54, 1.807) is 7.05 Å². The molecule has 3 heterocycles. The summed E-state index contributed by atoms with van der Waals surface area (Å²) in [6.45, 7) is 6.54. The zero-order valence-electron chi connectivity index (χ0n) is 20.0. The van der Waals surface area contributed by atoms with Crippen LogP contribution in [0, 0.1) is 11.3 Å². The second-order valence-corrected chi connectivity index (χ2v) is 11.1. The van der Waals surface area contributed by atoms with Gasteiger partial charge in [0.2, 0.25) is 5.91 Å². The molecule has 0 unspecified atom stereocenters. The molecule has 10 heteroatoms. The van der Waals surface area contributed by atoms with Crippen LogP contribution in [0.1, 0.15) is 37.0 Å². The molecule has 1 aromatic rings. The highest BCUT2D eigenvalue weighted by atomic mass is 35.5. The number of aliphatic hydroxyl groups is 1. The molecule has 3 atom stereocenters. The molecule has 1 amide bonds. The van der Waals surface area contributed by atoms with Gasteiger partial charge >= 0.3 is 0 Å². The summed E-state index contributed by atoms with van der Waals surface area (Å²) in [6.07, 6.45) is 2.02. The first kappa shape index (κ1) is 25.4. The summed E-state index contributed by atoms with van der Waals surface area (Å²) in [5.41, 5.74) is 1.64. The number of rotatable bonds is 7. The molecule has 0 aromatic carbocycles. The average molecular weight is 510 g/mol. The third kappa shape index (κ3) is 5.60. The molecule has 2 aliphatic heterocycles. The molecule has 0 radical (unpaired) electrons. The van der Waals surface area contributed by atoms with Gasteiger partial charge in [-0.25, -0.2) is 0 Å². The zero-order chi connectivity index (χ0) is 24.2. The van der Waals surface area contributed by atoms with Crippen LogP contribution in [0.2, 0.25) is 4.34 Å². The Morgan fingerprint density at radius 3 is 2.56 bits per heavy atom. The first-order valence-corrected chi connectivity index (χ1v) is 13.4. The number of amides is 1. The Morgan fingerprint density at radius 2 is 1.94 bits per heavy atom. The lowest BCUT2D eigenvalue weighted by Gasteiger charge is -2.38. The van der Waals surface area contributed by atoms with Crippen molar-refractivity contribution in [1.29, 1.82) is 5.41 Å². The molecule has 0 spiro atoms. The van der Waals surface area contributed by atoms with E-state index in [4.69, 9.17) is 21.7 Å². The van der Waals surface area contributed by atoms with E-state index >= 15 is 0 Å². The smallest absolute Gasteiger partial charge is 0.232 e. The van der Waals surface area contributed by atoms with E-state index in [1.807, 2.05) is 21.9 Å². The number of aliphatic hydroxyl groups excluding tert-OH is 1. The Balaban J connectivity index is 1.39. The summed E-state index contributed by atoms with van der Waals surface area (Å²) in [5, 5.41) is 25.8. The fraction of sp³-hybridized carbons (Fsp3) is 0.667. The van der Waals surface area contributed by atoms with Gasteiger partial charge in [0.15, 0.2) is 0 Å². The highest BCUT2D eigenvalue weighted by molar-refractivity contribution is 7.16. The fourth-order valence-electron chi connectivity index (χ4n) is 5.23. The Hall–Kier alpha value is -1.65. The van der Waals surface area contributed by atoms with Crippen molar-refractivity contribution < 1.29 is 14.6 Å². The molecule has 0 saturated carbocycles. The maximum Gasteiger partial charge on any atom is 0.232 e. The summed E-state index contributed by atoms with van der Waals surface area (Å²) in [6, 6.07) is 4.20. The van der Waals surface area contributed by atoms with Crippen molar-refractivity contribution in [2.24, 2.45) is 5.92 Å². The minimum atomic E-state index is -0.542. The van der Waals surface area contributed by atoms with Crippen LogP contribution in [0.25, 0.3) is 0 Å². The predicted molar refractivity (Wildman–Crippen MR) is 136 cm³/mol. The quantitative estimate of drug-likeness (QED) is 0.332. The van der Waals surface area contributed by atoms with E-state index in [0.29, 0.717) is 55.4 Å². The monoisotopic (exact) mass is 509 g/mol. The predicted octanol–water partition coefficient (Wildman–Crippen LogP) is 2.25. The number of amidine groups is 1. The van der Waals surface area contributed by atoms with Gasteiger partial charge in [-0.3, -0.25) is 10.2 Å². The highest BCUT2D eigenvalue weighted by Gasteiger charge is 2.36. The third-order valence-corrected chi connectivity index (χ3v) is 8.54. The summed E-state index contributed by atoms with van der Waals surface area (Å²) in [5.74, 6) is 0.441. The highest BCUT2D eigenvalue weighted by Crippen LogP contribution is 2.33. The van der Waals surface area contributed by atoms with Gasteiger partial charge in [-0.15, -0.1) is 11.3 Å². The van der Waals surface area contributed by atoms with E-state index in [-0.39, 0.29) is 17.7 Å². The molecule has 1 aliphatic carbocycles. The van der Waals surface area contributed by atoms with Crippen molar-refractivity contribution >= 4 is 34.7 Å². The van der Waals surface area contributed by atoms with Crippen molar-refractivity contribution in [2.75, 3.05) is 53.0 Å². The van der Waals surface area contributed by atoms with Crippen LogP contribution in [-0.4, -0.2) is 91.8 Å². The van der Waals surface area contributed by atoms with Crippen LogP contribution in [0.4, 0.5) is 0 Å². The van der Waals surface area contributed by atoms with Gasteiger partial charge in [-0.2, -0.15) is 0 Å². The number of ether oxygens (including phenoxy) is 1. The van der Waals surface area contributed by atoms with Crippen LogP contribution < -0.4 is 10.6 Å². The van der Waals surface area contributed by atoms with Crippen molar-refractivity contribution in [3.63, 3.8) is 0 Å². The number of likely N-dealkylation sites (N-methyl/N-ethyl adjacent to an activating group) is 1. The van der Waals surface area contributed by atoms with Gasteiger partial charge < -0.3 is 30.3 Å². The van der Waals surface area contributed by atoms with Gasteiger partial charge in [0.1, 0.15) is 5.84 Å². The third-order valence-electron chi connectivity index (χ3n) is 7.19. The number of piperazine rings is 1. The standard InChI is InChI=1S/C24H36ClN5O3S/c1-15-13-18(31)22(27-2)21(15)23(26)29-7-9-30(10-8-29)24(32)17(19-3-4-20(25)34-19)14-28-16-5-11-33-12-6-16/h3-4,15-18,26-28,31H,5-14H2,1-2H3/t15-,17-,18+/m1/s1.